The van der Waals surface area contributed by atoms with Gasteiger partial charge >= 0.3 is 0 Å². The van der Waals surface area contributed by atoms with E-state index in [9.17, 15) is 4.39 Å². The van der Waals surface area contributed by atoms with Crippen LogP contribution in [0, 0.1) is 5.82 Å². The lowest BCUT2D eigenvalue weighted by molar-refractivity contribution is 0.499. The topological polar surface area (TPSA) is 29.9 Å². The van der Waals surface area contributed by atoms with Gasteiger partial charge in [0.05, 0.1) is 0 Å². The van der Waals surface area contributed by atoms with E-state index in [-0.39, 0.29) is 11.9 Å². The Morgan fingerprint density at radius 1 is 1.29 bits per heavy atom. The maximum atomic E-state index is 13.5. The van der Waals surface area contributed by atoms with Gasteiger partial charge in [0.1, 0.15) is 11.6 Å². The van der Waals surface area contributed by atoms with E-state index in [1.807, 2.05) is 18.5 Å². The van der Waals surface area contributed by atoms with Crippen LogP contribution in [0.2, 0.25) is 0 Å². The van der Waals surface area contributed by atoms with Gasteiger partial charge in [-0.25, -0.2) is 9.37 Å². The van der Waals surface area contributed by atoms with Crippen molar-refractivity contribution in [1.29, 1.82) is 0 Å². The van der Waals surface area contributed by atoms with E-state index in [0.717, 1.165) is 43.7 Å². The van der Waals surface area contributed by atoms with Gasteiger partial charge in [-0.1, -0.05) is 26.0 Å². The molecule has 1 unspecified atom stereocenters. The SMILES string of the molecule is CCCNC(Cc1nccn1CCC)c1cccc(F)c1. The summed E-state index contributed by atoms with van der Waals surface area (Å²) < 4.78 is 15.7. The number of benzene rings is 1. The van der Waals surface area contributed by atoms with Crippen LogP contribution in [0.25, 0.3) is 0 Å². The summed E-state index contributed by atoms with van der Waals surface area (Å²) in [6.45, 7) is 6.17. The minimum absolute atomic E-state index is 0.0960. The first-order valence-corrected chi connectivity index (χ1v) is 7.73. The monoisotopic (exact) mass is 289 g/mol. The third-order valence-corrected chi connectivity index (χ3v) is 3.54. The summed E-state index contributed by atoms with van der Waals surface area (Å²) >= 11 is 0. The van der Waals surface area contributed by atoms with Crippen molar-refractivity contribution in [3.8, 4) is 0 Å². The minimum atomic E-state index is -0.187. The molecule has 1 N–H and O–H groups in total. The van der Waals surface area contributed by atoms with E-state index >= 15 is 0 Å². The lowest BCUT2D eigenvalue weighted by Gasteiger charge is -2.19. The average molecular weight is 289 g/mol. The van der Waals surface area contributed by atoms with Crippen LogP contribution in [0.15, 0.2) is 36.7 Å². The summed E-state index contributed by atoms with van der Waals surface area (Å²) in [6.07, 6.45) is 6.76. The highest BCUT2D eigenvalue weighted by Crippen LogP contribution is 2.19. The molecule has 1 heterocycles. The molecule has 2 aromatic rings. The molecule has 0 amide bonds. The molecule has 4 heteroatoms. The van der Waals surface area contributed by atoms with Crippen molar-refractivity contribution in [3.05, 3.63) is 53.9 Å². The predicted molar refractivity (Wildman–Crippen MR) is 83.7 cm³/mol. The second-order valence-corrected chi connectivity index (χ2v) is 5.30. The molecule has 0 saturated heterocycles. The lowest BCUT2D eigenvalue weighted by atomic mass is 10.0. The van der Waals surface area contributed by atoms with Crippen LogP contribution in [-0.4, -0.2) is 16.1 Å². The summed E-state index contributed by atoms with van der Waals surface area (Å²) in [5, 5.41) is 3.50. The Labute approximate surface area is 126 Å². The minimum Gasteiger partial charge on any atom is -0.335 e. The normalized spacial score (nSPS) is 12.5. The van der Waals surface area contributed by atoms with E-state index in [2.05, 4.69) is 28.7 Å². The van der Waals surface area contributed by atoms with Crippen LogP contribution in [0.3, 0.4) is 0 Å². The average Bonchev–Trinajstić information content (AvgIpc) is 2.91. The zero-order valence-corrected chi connectivity index (χ0v) is 12.8. The lowest BCUT2D eigenvalue weighted by Crippen LogP contribution is -2.25. The van der Waals surface area contributed by atoms with E-state index in [4.69, 9.17) is 0 Å². The second kappa shape index (κ2) is 7.93. The van der Waals surface area contributed by atoms with Gasteiger partial charge in [-0.3, -0.25) is 0 Å². The van der Waals surface area contributed by atoms with E-state index in [0.29, 0.717) is 0 Å². The third-order valence-electron chi connectivity index (χ3n) is 3.54. The maximum absolute atomic E-state index is 13.5. The number of aromatic nitrogens is 2. The molecule has 0 spiro atoms. The van der Waals surface area contributed by atoms with Crippen molar-refractivity contribution in [3.63, 3.8) is 0 Å². The fourth-order valence-electron chi connectivity index (χ4n) is 2.51. The van der Waals surface area contributed by atoms with Gasteiger partial charge in [0.25, 0.3) is 0 Å². The number of hydrogen-bond donors (Lipinski definition) is 1. The first kappa shape index (κ1) is 15.7. The van der Waals surface area contributed by atoms with Gasteiger partial charge in [0, 0.05) is 31.4 Å². The van der Waals surface area contributed by atoms with Gasteiger partial charge in [-0.15, -0.1) is 0 Å². The van der Waals surface area contributed by atoms with Crippen LogP contribution in [0.1, 0.15) is 44.1 Å². The van der Waals surface area contributed by atoms with E-state index in [1.165, 1.54) is 6.07 Å². The molecule has 2 rings (SSSR count). The van der Waals surface area contributed by atoms with Gasteiger partial charge < -0.3 is 9.88 Å². The smallest absolute Gasteiger partial charge is 0.123 e. The number of imidazole rings is 1. The fourth-order valence-corrected chi connectivity index (χ4v) is 2.51. The summed E-state index contributed by atoms with van der Waals surface area (Å²) in [4.78, 5) is 4.46. The molecule has 0 aliphatic heterocycles. The zero-order valence-electron chi connectivity index (χ0n) is 12.8. The predicted octanol–water partition coefficient (Wildman–Crippen LogP) is 3.72. The van der Waals surface area contributed by atoms with Crippen LogP contribution in [0.4, 0.5) is 4.39 Å². The highest BCUT2D eigenvalue weighted by Gasteiger charge is 2.15. The highest BCUT2D eigenvalue weighted by molar-refractivity contribution is 5.21. The van der Waals surface area contributed by atoms with Crippen molar-refractivity contribution in [2.45, 2.75) is 45.7 Å². The van der Waals surface area contributed by atoms with Gasteiger partial charge in [0.2, 0.25) is 0 Å². The highest BCUT2D eigenvalue weighted by atomic mass is 19.1. The summed E-state index contributed by atoms with van der Waals surface area (Å²) in [5.41, 5.74) is 0.981. The zero-order chi connectivity index (χ0) is 15.1. The van der Waals surface area contributed by atoms with Crippen LogP contribution >= 0.6 is 0 Å². The van der Waals surface area contributed by atoms with Gasteiger partial charge in [0.15, 0.2) is 0 Å². The molecule has 21 heavy (non-hydrogen) atoms. The molecule has 0 radical (unpaired) electrons. The standard InChI is InChI=1S/C17H24FN3/c1-3-8-19-16(14-6-5-7-15(18)12-14)13-17-20-9-11-21(17)10-4-2/h5-7,9,11-12,16,19H,3-4,8,10,13H2,1-2H3. The fraction of sp³-hybridized carbons (Fsp3) is 0.471. The molecule has 114 valence electrons. The summed E-state index contributed by atoms with van der Waals surface area (Å²) in [6, 6.07) is 6.94. The van der Waals surface area contributed by atoms with Crippen molar-refractivity contribution in [2.75, 3.05) is 6.54 Å². The Kier molecular flexibility index (Phi) is 5.93. The van der Waals surface area contributed by atoms with Gasteiger partial charge in [-0.2, -0.15) is 0 Å². The molecule has 0 fully saturated rings. The summed E-state index contributed by atoms with van der Waals surface area (Å²) in [7, 11) is 0. The van der Waals surface area contributed by atoms with Crippen molar-refractivity contribution < 1.29 is 4.39 Å². The molecule has 1 aromatic carbocycles. The largest absolute Gasteiger partial charge is 0.335 e. The number of aryl methyl sites for hydroxylation is 1. The quantitative estimate of drug-likeness (QED) is 0.802. The number of nitrogens with zero attached hydrogens (tertiary/aromatic N) is 2. The number of rotatable bonds is 8. The van der Waals surface area contributed by atoms with Crippen LogP contribution < -0.4 is 5.32 Å². The molecule has 0 saturated carbocycles. The molecule has 0 aliphatic carbocycles. The molecule has 1 atom stereocenters. The molecule has 0 bridgehead atoms. The van der Waals surface area contributed by atoms with Crippen LogP contribution in [-0.2, 0) is 13.0 Å². The van der Waals surface area contributed by atoms with Crippen molar-refractivity contribution in [1.82, 2.24) is 14.9 Å². The molecule has 1 aromatic heterocycles. The Hall–Kier alpha value is -1.68. The summed E-state index contributed by atoms with van der Waals surface area (Å²) in [5.74, 6) is 0.863. The number of nitrogens with one attached hydrogen (secondary N) is 1. The Balaban J connectivity index is 2.17. The van der Waals surface area contributed by atoms with E-state index in [1.54, 1.807) is 12.1 Å². The number of halogens is 1. The maximum Gasteiger partial charge on any atom is 0.123 e. The second-order valence-electron chi connectivity index (χ2n) is 5.30. The van der Waals surface area contributed by atoms with E-state index < -0.39 is 0 Å². The Morgan fingerprint density at radius 3 is 2.86 bits per heavy atom. The molecular formula is C17H24FN3. The Bertz CT molecular complexity index is 550. The number of hydrogen-bond acceptors (Lipinski definition) is 2. The van der Waals surface area contributed by atoms with Gasteiger partial charge in [-0.05, 0) is 37.1 Å². The molecule has 3 nitrogen and oxygen atoms in total. The van der Waals surface area contributed by atoms with Crippen LogP contribution in [0.5, 0.6) is 0 Å². The third kappa shape index (κ3) is 4.39. The van der Waals surface area contributed by atoms with Crippen molar-refractivity contribution >= 4 is 0 Å². The first-order valence-electron chi connectivity index (χ1n) is 7.73. The molecule has 0 aliphatic rings. The molecular weight excluding hydrogens is 265 g/mol. The van der Waals surface area contributed by atoms with Crippen molar-refractivity contribution in [2.24, 2.45) is 0 Å². The Morgan fingerprint density at radius 2 is 2.14 bits per heavy atom. The first-order chi connectivity index (χ1) is 10.2.